The molecule has 0 bridgehead atoms. The molecule has 0 saturated carbocycles. The zero-order valence-corrected chi connectivity index (χ0v) is 15.8. The Bertz CT molecular complexity index is 899. The second-order valence-electron chi connectivity index (χ2n) is 6.64. The molecule has 6 nitrogen and oxygen atoms in total. The van der Waals surface area contributed by atoms with Crippen molar-refractivity contribution in [3.05, 3.63) is 66.7 Å². The van der Waals surface area contributed by atoms with Crippen LogP contribution in [0.3, 0.4) is 0 Å². The highest BCUT2D eigenvalue weighted by Crippen LogP contribution is 2.25. The molecule has 1 heterocycles. The van der Waals surface area contributed by atoms with E-state index in [9.17, 15) is 9.59 Å². The summed E-state index contributed by atoms with van der Waals surface area (Å²) in [7, 11) is 0. The highest BCUT2D eigenvalue weighted by Gasteiger charge is 2.14. The van der Waals surface area contributed by atoms with Gasteiger partial charge in [-0.25, -0.2) is 9.97 Å². The van der Waals surface area contributed by atoms with Crippen molar-refractivity contribution in [3.63, 3.8) is 0 Å². The molecule has 2 amide bonds. The summed E-state index contributed by atoms with van der Waals surface area (Å²) in [6, 6.07) is 21.2. The van der Waals surface area contributed by atoms with Crippen LogP contribution in [0.5, 0.6) is 0 Å². The van der Waals surface area contributed by atoms with E-state index >= 15 is 0 Å². The van der Waals surface area contributed by atoms with Gasteiger partial charge in [0.2, 0.25) is 17.8 Å². The molecule has 3 rings (SSSR count). The minimum atomic E-state index is -0.456. The van der Waals surface area contributed by atoms with E-state index in [4.69, 9.17) is 0 Å². The molecule has 0 atom stereocenters. The van der Waals surface area contributed by atoms with Crippen molar-refractivity contribution >= 4 is 17.8 Å². The highest BCUT2D eigenvalue weighted by atomic mass is 16.2. The number of hydrogen-bond donors (Lipinski definition) is 2. The number of nitrogens with zero attached hydrogens (tertiary/aromatic N) is 2. The van der Waals surface area contributed by atoms with E-state index in [2.05, 4.69) is 20.6 Å². The normalized spacial score (nSPS) is 10.5. The fourth-order valence-corrected chi connectivity index (χ4v) is 2.70. The molecule has 0 aliphatic heterocycles. The first kappa shape index (κ1) is 19.2. The third-order valence-electron chi connectivity index (χ3n) is 3.89. The van der Waals surface area contributed by atoms with E-state index in [0.29, 0.717) is 11.4 Å². The summed E-state index contributed by atoms with van der Waals surface area (Å²) in [4.78, 5) is 33.0. The van der Waals surface area contributed by atoms with Gasteiger partial charge in [0.1, 0.15) is 6.42 Å². The van der Waals surface area contributed by atoms with E-state index < -0.39 is 5.91 Å². The average molecular weight is 374 g/mol. The Morgan fingerprint density at radius 2 is 1.32 bits per heavy atom. The lowest BCUT2D eigenvalue weighted by atomic mass is 10.1. The van der Waals surface area contributed by atoms with Crippen LogP contribution in [0.2, 0.25) is 0 Å². The van der Waals surface area contributed by atoms with Crippen molar-refractivity contribution in [2.45, 2.75) is 26.3 Å². The maximum absolute atomic E-state index is 12.2. The maximum Gasteiger partial charge on any atom is 0.236 e. The fourth-order valence-electron chi connectivity index (χ4n) is 2.70. The number of nitrogens with one attached hydrogen (secondary N) is 2. The van der Waals surface area contributed by atoms with Gasteiger partial charge < -0.3 is 5.32 Å². The van der Waals surface area contributed by atoms with Crippen LogP contribution in [0.1, 0.15) is 20.3 Å². The van der Waals surface area contributed by atoms with Gasteiger partial charge >= 0.3 is 0 Å². The molecular weight excluding hydrogens is 352 g/mol. The van der Waals surface area contributed by atoms with Gasteiger partial charge in [-0.3, -0.25) is 14.9 Å². The molecule has 0 radical (unpaired) electrons. The Balaban J connectivity index is 1.90. The van der Waals surface area contributed by atoms with E-state index in [0.717, 1.165) is 11.1 Å². The van der Waals surface area contributed by atoms with Gasteiger partial charge in [-0.2, -0.15) is 0 Å². The number of hydrogen-bond acceptors (Lipinski definition) is 4. The zero-order chi connectivity index (χ0) is 19.9. The van der Waals surface area contributed by atoms with Crippen molar-refractivity contribution in [3.8, 4) is 22.5 Å². The Hall–Kier alpha value is -3.54. The first-order chi connectivity index (χ1) is 13.5. The number of rotatable bonds is 6. The number of carbonyl (C=O) groups excluding carboxylic acids is 2. The lowest BCUT2D eigenvalue weighted by Crippen LogP contribution is -2.33. The van der Waals surface area contributed by atoms with Gasteiger partial charge in [0.25, 0.3) is 0 Å². The minimum Gasteiger partial charge on any atom is -0.353 e. The predicted molar refractivity (Wildman–Crippen MR) is 109 cm³/mol. The van der Waals surface area contributed by atoms with Crippen LogP contribution in [0.15, 0.2) is 66.7 Å². The summed E-state index contributed by atoms with van der Waals surface area (Å²) in [5.74, 6) is -0.625. The summed E-state index contributed by atoms with van der Waals surface area (Å²) < 4.78 is 0. The average Bonchev–Trinajstić information content (AvgIpc) is 2.68. The molecule has 28 heavy (non-hydrogen) atoms. The van der Waals surface area contributed by atoms with E-state index in [1.165, 1.54) is 0 Å². The Morgan fingerprint density at radius 1 is 0.821 bits per heavy atom. The fraction of sp³-hybridized carbons (Fsp3) is 0.182. The summed E-state index contributed by atoms with van der Waals surface area (Å²) in [6.07, 6.45) is -0.280. The molecule has 6 heteroatoms. The largest absolute Gasteiger partial charge is 0.353 e. The first-order valence-corrected chi connectivity index (χ1v) is 9.10. The molecule has 0 fully saturated rings. The molecule has 2 aromatic carbocycles. The van der Waals surface area contributed by atoms with Crippen LogP contribution in [0.25, 0.3) is 22.5 Å². The van der Waals surface area contributed by atoms with Gasteiger partial charge in [0.15, 0.2) is 0 Å². The van der Waals surface area contributed by atoms with Crippen molar-refractivity contribution in [1.82, 2.24) is 15.3 Å². The molecule has 1 aromatic heterocycles. The summed E-state index contributed by atoms with van der Waals surface area (Å²) in [5.41, 5.74) is 3.21. The van der Waals surface area contributed by atoms with Gasteiger partial charge in [0.05, 0.1) is 11.4 Å². The van der Waals surface area contributed by atoms with Crippen LogP contribution < -0.4 is 10.6 Å². The molecule has 2 N–H and O–H groups in total. The van der Waals surface area contributed by atoms with Gasteiger partial charge in [-0.05, 0) is 19.9 Å². The third-order valence-corrected chi connectivity index (χ3v) is 3.89. The molecule has 3 aromatic rings. The van der Waals surface area contributed by atoms with Crippen LogP contribution in [-0.2, 0) is 9.59 Å². The molecule has 0 spiro atoms. The Morgan fingerprint density at radius 3 is 1.79 bits per heavy atom. The standard InChI is InChI=1S/C22H22N4O2/c1-15(2)23-20(27)14-21(28)26-22-24-18(16-9-5-3-6-10-16)13-19(25-22)17-11-7-4-8-12-17/h3-13,15H,14H2,1-2H3,(H,23,27)(H,24,25,26,28). The zero-order valence-electron chi connectivity index (χ0n) is 15.8. The summed E-state index contributed by atoms with van der Waals surface area (Å²) >= 11 is 0. The molecule has 0 aliphatic carbocycles. The second-order valence-corrected chi connectivity index (χ2v) is 6.64. The summed E-state index contributed by atoms with van der Waals surface area (Å²) in [5, 5.41) is 5.34. The third kappa shape index (κ3) is 5.23. The lowest BCUT2D eigenvalue weighted by Gasteiger charge is -2.11. The Labute approximate surface area is 164 Å². The number of amides is 2. The van der Waals surface area contributed by atoms with E-state index in [-0.39, 0.29) is 24.3 Å². The van der Waals surface area contributed by atoms with Crippen molar-refractivity contribution in [1.29, 1.82) is 0 Å². The van der Waals surface area contributed by atoms with Crippen LogP contribution in [0.4, 0.5) is 5.95 Å². The van der Waals surface area contributed by atoms with Crippen LogP contribution >= 0.6 is 0 Å². The van der Waals surface area contributed by atoms with Crippen LogP contribution in [-0.4, -0.2) is 27.8 Å². The molecule has 0 unspecified atom stereocenters. The highest BCUT2D eigenvalue weighted by molar-refractivity contribution is 6.03. The first-order valence-electron chi connectivity index (χ1n) is 9.10. The monoisotopic (exact) mass is 374 g/mol. The topological polar surface area (TPSA) is 84.0 Å². The number of benzene rings is 2. The van der Waals surface area contributed by atoms with Crippen molar-refractivity contribution in [2.24, 2.45) is 0 Å². The van der Waals surface area contributed by atoms with Crippen molar-refractivity contribution < 1.29 is 9.59 Å². The molecule has 0 aliphatic rings. The number of anilines is 1. The SMILES string of the molecule is CC(C)NC(=O)CC(=O)Nc1nc(-c2ccccc2)cc(-c2ccccc2)n1. The van der Waals surface area contributed by atoms with Crippen molar-refractivity contribution in [2.75, 3.05) is 5.32 Å². The van der Waals surface area contributed by atoms with E-state index in [1.807, 2.05) is 80.6 Å². The summed E-state index contributed by atoms with van der Waals surface area (Å²) in [6.45, 7) is 3.68. The van der Waals surface area contributed by atoms with Crippen LogP contribution in [0, 0.1) is 0 Å². The van der Waals surface area contributed by atoms with Gasteiger partial charge in [0, 0.05) is 17.2 Å². The quantitative estimate of drug-likeness (QED) is 0.645. The number of aromatic nitrogens is 2. The van der Waals surface area contributed by atoms with E-state index in [1.54, 1.807) is 0 Å². The van der Waals surface area contributed by atoms with Gasteiger partial charge in [-0.1, -0.05) is 60.7 Å². The molecule has 142 valence electrons. The van der Waals surface area contributed by atoms with Gasteiger partial charge in [-0.15, -0.1) is 0 Å². The minimum absolute atomic E-state index is 0.0253. The predicted octanol–water partition coefficient (Wildman–Crippen LogP) is 3.66. The molecular formula is C22H22N4O2. The second kappa shape index (κ2) is 8.90. The maximum atomic E-state index is 12.2. The Kier molecular flexibility index (Phi) is 6.11. The molecule has 0 saturated heterocycles. The lowest BCUT2D eigenvalue weighted by molar-refractivity contribution is -0.127. The smallest absolute Gasteiger partial charge is 0.236 e. The number of carbonyl (C=O) groups is 2.